The quantitative estimate of drug-likeness (QED) is 0.786. The minimum absolute atomic E-state index is 0.420. The first-order chi connectivity index (χ1) is 8.38. The summed E-state index contributed by atoms with van der Waals surface area (Å²) in [6.07, 6.45) is 5.07. The molecule has 1 saturated carbocycles. The van der Waals surface area contributed by atoms with Gasteiger partial charge >= 0.3 is 0 Å². The fraction of sp³-hybridized carbons (Fsp3) is 1.00. The molecule has 3 unspecified atom stereocenters. The first-order valence-corrected chi connectivity index (χ1v) is 7.86. The zero-order chi connectivity index (χ0) is 13.8. The SMILES string of the molecule is CCC(C)CN(CC)CC1CC(C)(C)CCC1N. The molecular weight excluding hydrogens is 220 g/mol. The molecule has 2 heteroatoms. The minimum atomic E-state index is 0.420. The smallest absolute Gasteiger partial charge is 0.00797 e. The van der Waals surface area contributed by atoms with Crippen LogP contribution in [0.3, 0.4) is 0 Å². The van der Waals surface area contributed by atoms with Gasteiger partial charge in [0, 0.05) is 19.1 Å². The molecule has 2 N–H and O–H groups in total. The molecule has 1 rings (SSSR count). The van der Waals surface area contributed by atoms with Gasteiger partial charge in [-0.15, -0.1) is 0 Å². The van der Waals surface area contributed by atoms with E-state index in [0.717, 1.165) is 12.5 Å². The van der Waals surface area contributed by atoms with Crippen LogP contribution in [0.1, 0.15) is 60.3 Å². The molecule has 0 aromatic rings. The van der Waals surface area contributed by atoms with Crippen molar-refractivity contribution in [3.63, 3.8) is 0 Å². The van der Waals surface area contributed by atoms with Gasteiger partial charge < -0.3 is 10.6 Å². The van der Waals surface area contributed by atoms with Crippen LogP contribution in [-0.2, 0) is 0 Å². The van der Waals surface area contributed by atoms with Crippen molar-refractivity contribution in [2.45, 2.75) is 66.3 Å². The van der Waals surface area contributed by atoms with Crippen molar-refractivity contribution < 1.29 is 0 Å². The maximum atomic E-state index is 6.34. The monoisotopic (exact) mass is 254 g/mol. The van der Waals surface area contributed by atoms with E-state index in [2.05, 4.69) is 39.5 Å². The Morgan fingerprint density at radius 3 is 2.56 bits per heavy atom. The van der Waals surface area contributed by atoms with E-state index in [1.165, 1.54) is 38.8 Å². The van der Waals surface area contributed by atoms with Crippen LogP contribution in [0.15, 0.2) is 0 Å². The van der Waals surface area contributed by atoms with Crippen molar-refractivity contribution in [3.8, 4) is 0 Å². The second-order valence-corrected chi connectivity index (χ2v) is 7.20. The van der Waals surface area contributed by atoms with Crippen LogP contribution in [-0.4, -0.2) is 30.6 Å². The van der Waals surface area contributed by atoms with Crippen molar-refractivity contribution >= 4 is 0 Å². The highest BCUT2D eigenvalue weighted by Crippen LogP contribution is 2.38. The van der Waals surface area contributed by atoms with Gasteiger partial charge in [0.1, 0.15) is 0 Å². The van der Waals surface area contributed by atoms with E-state index in [1.54, 1.807) is 0 Å². The Bertz CT molecular complexity index is 237. The van der Waals surface area contributed by atoms with Crippen molar-refractivity contribution in [2.75, 3.05) is 19.6 Å². The molecule has 18 heavy (non-hydrogen) atoms. The first-order valence-electron chi connectivity index (χ1n) is 7.86. The van der Waals surface area contributed by atoms with Gasteiger partial charge in [-0.3, -0.25) is 0 Å². The van der Waals surface area contributed by atoms with Crippen molar-refractivity contribution in [3.05, 3.63) is 0 Å². The summed E-state index contributed by atoms with van der Waals surface area (Å²) in [6.45, 7) is 15.3. The molecule has 1 fully saturated rings. The van der Waals surface area contributed by atoms with Crippen molar-refractivity contribution in [1.82, 2.24) is 4.90 Å². The summed E-state index contributed by atoms with van der Waals surface area (Å²) in [5.74, 6) is 1.50. The lowest BCUT2D eigenvalue weighted by Gasteiger charge is -2.41. The van der Waals surface area contributed by atoms with Gasteiger partial charge in [0.2, 0.25) is 0 Å². The first kappa shape index (κ1) is 16.0. The Balaban J connectivity index is 2.51. The predicted octanol–water partition coefficient (Wildman–Crippen LogP) is 3.51. The molecule has 0 spiro atoms. The van der Waals surface area contributed by atoms with Crippen LogP contribution in [0, 0.1) is 17.3 Å². The molecule has 1 aliphatic rings. The third kappa shape index (κ3) is 4.89. The maximum absolute atomic E-state index is 6.34. The predicted molar refractivity (Wildman–Crippen MR) is 80.7 cm³/mol. The van der Waals surface area contributed by atoms with Crippen LogP contribution in [0.2, 0.25) is 0 Å². The summed E-state index contributed by atoms with van der Waals surface area (Å²) in [5.41, 5.74) is 6.84. The number of nitrogens with two attached hydrogens (primary N) is 1. The summed E-state index contributed by atoms with van der Waals surface area (Å²) in [5, 5.41) is 0. The highest BCUT2D eigenvalue weighted by atomic mass is 15.1. The largest absolute Gasteiger partial charge is 0.327 e. The Kier molecular flexibility index (Phi) is 6.13. The lowest BCUT2D eigenvalue weighted by atomic mass is 9.70. The van der Waals surface area contributed by atoms with Gasteiger partial charge in [0.15, 0.2) is 0 Å². The molecule has 108 valence electrons. The van der Waals surface area contributed by atoms with Crippen LogP contribution < -0.4 is 5.73 Å². The van der Waals surface area contributed by atoms with E-state index in [4.69, 9.17) is 5.73 Å². The molecule has 0 heterocycles. The van der Waals surface area contributed by atoms with Crippen molar-refractivity contribution in [1.29, 1.82) is 0 Å². The van der Waals surface area contributed by atoms with Crippen molar-refractivity contribution in [2.24, 2.45) is 23.0 Å². The molecule has 3 atom stereocenters. The van der Waals surface area contributed by atoms with Gasteiger partial charge in [0.05, 0.1) is 0 Å². The summed E-state index contributed by atoms with van der Waals surface area (Å²) >= 11 is 0. The standard InChI is InChI=1S/C16H34N2/c1-6-13(3)11-18(7-2)12-14-10-16(4,5)9-8-15(14)17/h13-15H,6-12,17H2,1-5H3. The highest BCUT2D eigenvalue weighted by molar-refractivity contribution is 4.88. The summed E-state index contributed by atoms with van der Waals surface area (Å²) < 4.78 is 0. The Labute approximate surface area is 114 Å². The zero-order valence-corrected chi connectivity index (χ0v) is 13.2. The normalized spacial score (nSPS) is 29.5. The lowest BCUT2D eigenvalue weighted by Crippen LogP contribution is -2.45. The average molecular weight is 254 g/mol. The van der Waals surface area contributed by atoms with Crippen LogP contribution in [0.4, 0.5) is 0 Å². The molecule has 1 aliphatic carbocycles. The number of nitrogens with zero attached hydrogens (tertiary/aromatic N) is 1. The molecule has 0 bridgehead atoms. The zero-order valence-electron chi connectivity index (χ0n) is 13.2. The fourth-order valence-electron chi connectivity index (χ4n) is 3.19. The molecule has 0 radical (unpaired) electrons. The second kappa shape index (κ2) is 6.91. The number of hydrogen-bond donors (Lipinski definition) is 1. The lowest BCUT2D eigenvalue weighted by molar-refractivity contribution is 0.110. The van der Waals surface area contributed by atoms with E-state index in [-0.39, 0.29) is 0 Å². The van der Waals surface area contributed by atoms with E-state index in [0.29, 0.717) is 17.4 Å². The van der Waals surface area contributed by atoms with Crippen LogP contribution in [0.25, 0.3) is 0 Å². The minimum Gasteiger partial charge on any atom is -0.327 e. The average Bonchev–Trinajstić information content (AvgIpc) is 2.32. The molecule has 2 nitrogen and oxygen atoms in total. The van der Waals surface area contributed by atoms with Gasteiger partial charge in [-0.25, -0.2) is 0 Å². The van der Waals surface area contributed by atoms with E-state index >= 15 is 0 Å². The van der Waals surface area contributed by atoms with Gasteiger partial charge in [0.25, 0.3) is 0 Å². The molecule has 0 aromatic heterocycles. The molecule has 0 amide bonds. The molecular formula is C16H34N2. The van der Waals surface area contributed by atoms with E-state index < -0.39 is 0 Å². The molecule has 0 aliphatic heterocycles. The Morgan fingerprint density at radius 1 is 1.33 bits per heavy atom. The molecule has 0 saturated heterocycles. The Hall–Kier alpha value is -0.0800. The maximum Gasteiger partial charge on any atom is 0.00797 e. The second-order valence-electron chi connectivity index (χ2n) is 7.20. The molecule has 0 aromatic carbocycles. The van der Waals surface area contributed by atoms with Gasteiger partial charge in [-0.1, -0.05) is 41.0 Å². The van der Waals surface area contributed by atoms with Crippen LogP contribution in [0.5, 0.6) is 0 Å². The highest BCUT2D eigenvalue weighted by Gasteiger charge is 2.33. The summed E-state index contributed by atoms with van der Waals surface area (Å²) in [6, 6.07) is 0.420. The number of rotatable bonds is 6. The third-order valence-corrected chi connectivity index (χ3v) is 4.78. The summed E-state index contributed by atoms with van der Waals surface area (Å²) in [4.78, 5) is 2.61. The van der Waals surface area contributed by atoms with E-state index in [9.17, 15) is 0 Å². The Morgan fingerprint density at radius 2 is 2.00 bits per heavy atom. The third-order valence-electron chi connectivity index (χ3n) is 4.78. The van der Waals surface area contributed by atoms with E-state index in [1.807, 2.05) is 0 Å². The number of hydrogen-bond acceptors (Lipinski definition) is 2. The summed E-state index contributed by atoms with van der Waals surface area (Å²) in [7, 11) is 0. The van der Waals surface area contributed by atoms with Gasteiger partial charge in [-0.2, -0.15) is 0 Å². The van der Waals surface area contributed by atoms with Gasteiger partial charge in [-0.05, 0) is 43.1 Å². The topological polar surface area (TPSA) is 29.3 Å². The van der Waals surface area contributed by atoms with Crippen LogP contribution >= 0.6 is 0 Å². The fourth-order valence-corrected chi connectivity index (χ4v) is 3.19.